The molecule has 1 aliphatic heterocycles. The highest BCUT2D eigenvalue weighted by molar-refractivity contribution is 5.73. The minimum absolute atomic E-state index is 0.0753. The molecule has 3 rings (SSSR count). The average molecular weight is 419 g/mol. The molecule has 0 saturated heterocycles. The number of anilines is 1. The summed E-state index contributed by atoms with van der Waals surface area (Å²) in [6, 6.07) is 9.36. The standard InChI is InChI=1S/C20H16F7NO/c1-29-15-9-6-13(7-10-15)12-28-16-5-3-2-4-14(16)8-11-17(28)18(21,19(22,23)24)20(25,26)27/h2-11,17H,12H2,1H3. The molecule has 0 aromatic heterocycles. The summed E-state index contributed by atoms with van der Waals surface area (Å²) in [5.74, 6) is 0.467. The van der Waals surface area contributed by atoms with E-state index < -0.39 is 24.1 Å². The number of hydrogen-bond donors (Lipinski definition) is 0. The van der Waals surface area contributed by atoms with Crippen LogP contribution in [0.2, 0.25) is 0 Å². The molecule has 1 heterocycles. The van der Waals surface area contributed by atoms with Crippen LogP contribution < -0.4 is 9.64 Å². The molecule has 0 saturated carbocycles. The summed E-state index contributed by atoms with van der Waals surface area (Å²) in [5.41, 5.74) is -4.58. The number of benzene rings is 2. The van der Waals surface area contributed by atoms with E-state index in [2.05, 4.69) is 0 Å². The van der Waals surface area contributed by atoms with E-state index in [0.717, 1.165) is 11.0 Å². The Morgan fingerprint density at radius 3 is 2.00 bits per heavy atom. The van der Waals surface area contributed by atoms with Gasteiger partial charge in [0, 0.05) is 12.2 Å². The number of halogens is 7. The van der Waals surface area contributed by atoms with Crippen molar-refractivity contribution < 1.29 is 35.5 Å². The zero-order valence-electron chi connectivity index (χ0n) is 15.1. The molecule has 2 aromatic rings. The molecule has 1 aliphatic rings. The molecule has 2 nitrogen and oxygen atoms in total. The van der Waals surface area contributed by atoms with Gasteiger partial charge in [-0.25, -0.2) is 4.39 Å². The van der Waals surface area contributed by atoms with Gasteiger partial charge in [0.2, 0.25) is 0 Å². The van der Waals surface area contributed by atoms with Crippen LogP contribution in [-0.2, 0) is 6.54 Å². The van der Waals surface area contributed by atoms with Crippen LogP contribution in [0.5, 0.6) is 5.75 Å². The third-order valence-corrected chi connectivity index (χ3v) is 4.78. The van der Waals surface area contributed by atoms with E-state index in [1.165, 1.54) is 49.6 Å². The molecule has 1 unspecified atom stereocenters. The van der Waals surface area contributed by atoms with E-state index in [1.807, 2.05) is 0 Å². The van der Waals surface area contributed by atoms with Crippen molar-refractivity contribution in [1.29, 1.82) is 0 Å². The second kappa shape index (κ2) is 7.27. The van der Waals surface area contributed by atoms with Gasteiger partial charge in [-0.05, 0) is 29.3 Å². The lowest BCUT2D eigenvalue weighted by molar-refractivity contribution is -0.344. The summed E-state index contributed by atoms with van der Waals surface area (Å²) in [5, 5.41) is 0. The lowest BCUT2D eigenvalue weighted by Crippen LogP contribution is -2.65. The largest absolute Gasteiger partial charge is 0.497 e. The van der Waals surface area contributed by atoms with Crippen LogP contribution in [-0.4, -0.2) is 31.2 Å². The van der Waals surface area contributed by atoms with E-state index in [1.54, 1.807) is 6.07 Å². The Bertz CT molecular complexity index is 873. The highest BCUT2D eigenvalue weighted by Crippen LogP contribution is 2.52. The SMILES string of the molecule is COc1ccc(CN2c3ccccc3C=CC2C(F)(C(F)(F)F)C(F)(F)F)cc1. The first-order valence-corrected chi connectivity index (χ1v) is 8.48. The van der Waals surface area contributed by atoms with Gasteiger partial charge in [0.1, 0.15) is 11.8 Å². The molecule has 0 N–H and O–H groups in total. The quantitative estimate of drug-likeness (QED) is 0.570. The molecule has 0 fully saturated rings. The number of nitrogens with zero attached hydrogens (tertiary/aromatic N) is 1. The second-order valence-electron chi connectivity index (χ2n) is 6.55. The van der Waals surface area contributed by atoms with Crippen molar-refractivity contribution in [3.05, 3.63) is 65.7 Å². The fourth-order valence-electron chi connectivity index (χ4n) is 3.29. The molecular formula is C20H16F7NO. The van der Waals surface area contributed by atoms with E-state index in [9.17, 15) is 30.7 Å². The Morgan fingerprint density at radius 1 is 0.862 bits per heavy atom. The normalized spacial score (nSPS) is 17.2. The summed E-state index contributed by atoms with van der Waals surface area (Å²) in [7, 11) is 1.42. The molecule has 0 aliphatic carbocycles. The maximum absolute atomic E-state index is 14.9. The number of fused-ring (bicyclic) bond motifs is 1. The van der Waals surface area contributed by atoms with Crippen molar-refractivity contribution in [3.63, 3.8) is 0 Å². The first kappa shape index (κ1) is 21.0. The van der Waals surface area contributed by atoms with Gasteiger partial charge in [-0.1, -0.05) is 42.5 Å². The zero-order chi connectivity index (χ0) is 21.4. The van der Waals surface area contributed by atoms with Crippen molar-refractivity contribution >= 4 is 11.8 Å². The van der Waals surface area contributed by atoms with Gasteiger partial charge < -0.3 is 9.64 Å². The van der Waals surface area contributed by atoms with Gasteiger partial charge in [-0.3, -0.25) is 0 Å². The van der Waals surface area contributed by atoms with Crippen molar-refractivity contribution in [1.82, 2.24) is 0 Å². The number of hydrogen-bond acceptors (Lipinski definition) is 2. The van der Waals surface area contributed by atoms with Gasteiger partial charge in [0.25, 0.3) is 0 Å². The lowest BCUT2D eigenvalue weighted by Gasteiger charge is -2.44. The maximum atomic E-state index is 14.9. The molecule has 0 spiro atoms. The summed E-state index contributed by atoms with van der Waals surface area (Å²) < 4.78 is 100. The van der Waals surface area contributed by atoms with Crippen LogP contribution in [0.1, 0.15) is 11.1 Å². The Kier molecular flexibility index (Phi) is 5.27. The topological polar surface area (TPSA) is 12.5 Å². The molecule has 0 amide bonds. The summed E-state index contributed by atoms with van der Waals surface area (Å²) in [6.07, 6.45) is -10.6. The molecular weight excluding hydrogens is 403 g/mol. The lowest BCUT2D eigenvalue weighted by atomic mass is 9.88. The Labute approximate surface area is 162 Å². The summed E-state index contributed by atoms with van der Waals surface area (Å²) in [4.78, 5) is 0.790. The van der Waals surface area contributed by atoms with Crippen molar-refractivity contribution in [2.45, 2.75) is 30.6 Å². The van der Waals surface area contributed by atoms with Gasteiger partial charge in [0.15, 0.2) is 0 Å². The van der Waals surface area contributed by atoms with Crippen LogP contribution in [0, 0.1) is 0 Å². The maximum Gasteiger partial charge on any atom is 0.434 e. The molecule has 156 valence electrons. The van der Waals surface area contributed by atoms with E-state index in [-0.39, 0.29) is 12.2 Å². The average Bonchev–Trinajstić information content (AvgIpc) is 2.66. The first-order chi connectivity index (χ1) is 13.5. The minimum Gasteiger partial charge on any atom is -0.497 e. The second-order valence-corrected chi connectivity index (χ2v) is 6.55. The van der Waals surface area contributed by atoms with E-state index in [4.69, 9.17) is 4.74 Å². The third-order valence-electron chi connectivity index (χ3n) is 4.78. The van der Waals surface area contributed by atoms with E-state index >= 15 is 0 Å². The summed E-state index contributed by atoms with van der Waals surface area (Å²) in [6.45, 7) is -0.367. The molecule has 2 aromatic carbocycles. The molecule has 0 radical (unpaired) electrons. The predicted octanol–water partition coefficient (Wildman–Crippen LogP) is 5.93. The molecule has 9 heteroatoms. The molecule has 1 atom stereocenters. The fraction of sp³-hybridized carbons (Fsp3) is 0.300. The van der Waals surface area contributed by atoms with E-state index in [0.29, 0.717) is 23.0 Å². The monoisotopic (exact) mass is 419 g/mol. The van der Waals surface area contributed by atoms with Gasteiger partial charge in [-0.2, -0.15) is 26.3 Å². The number of rotatable bonds is 4. The third kappa shape index (κ3) is 3.65. The zero-order valence-corrected chi connectivity index (χ0v) is 15.1. The first-order valence-electron chi connectivity index (χ1n) is 8.48. The Morgan fingerprint density at radius 2 is 1.45 bits per heavy atom. The minimum atomic E-state index is -6.16. The van der Waals surface area contributed by atoms with Crippen molar-refractivity contribution in [3.8, 4) is 5.75 Å². The number of para-hydroxylation sites is 1. The van der Waals surface area contributed by atoms with Crippen LogP contribution in [0.4, 0.5) is 36.4 Å². The summed E-state index contributed by atoms with van der Waals surface area (Å²) >= 11 is 0. The van der Waals surface area contributed by atoms with Crippen molar-refractivity contribution in [2.75, 3.05) is 12.0 Å². The van der Waals surface area contributed by atoms with Gasteiger partial charge in [-0.15, -0.1) is 0 Å². The van der Waals surface area contributed by atoms with Crippen molar-refractivity contribution in [2.24, 2.45) is 0 Å². The Balaban J connectivity index is 2.11. The number of alkyl halides is 7. The van der Waals surface area contributed by atoms with Crippen LogP contribution >= 0.6 is 0 Å². The molecule has 0 bridgehead atoms. The van der Waals surface area contributed by atoms with Crippen LogP contribution in [0.3, 0.4) is 0 Å². The fourth-order valence-corrected chi connectivity index (χ4v) is 3.29. The predicted molar refractivity (Wildman–Crippen MR) is 94.4 cm³/mol. The Hall–Kier alpha value is -2.71. The highest BCUT2D eigenvalue weighted by Gasteiger charge is 2.76. The van der Waals surface area contributed by atoms with Crippen LogP contribution in [0.25, 0.3) is 6.08 Å². The number of methoxy groups -OCH3 is 1. The van der Waals surface area contributed by atoms with Gasteiger partial charge >= 0.3 is 18.0 Å². The highest BCUT2D eigenvalue weighted by atomic mass is 19.4. The number of ether oxygens (including phenoxy) is 1. The molecule has 29 heavy (non-hydrogen) atoms. The van der Waals surface area contributed by atoms with Crippen LogP contribution in [0.15, 0.2) is 54.6 Å². The van der Waals surface area contributed by atoms with Gasteiger partial charge in [0.05, 0.1) is 7.11 Å². The smallest absolute Gasteiger partial charge is 0.434 e.